The molecular weight excluding hydrogens is 312 g/mol. The number of benzene rings is 1. The van der Waals surface area contributed by atoms with Gasteiger partial charge in [0.1, 0.15) is 5.75 Å². The molecule has 24 heavy (non-hydrogen) atoms. The van der Waals surface area contributed by atoms with Gasteiger partial charge in [0, 0.05) is 12.6 Å². The van der Waals surface area contributed by atoms with Gasteiger partial charge in [0.2, 0.25) is 5.91 Å². The molecule has 0 heterocycles. The minimum absolute atomic E-state index is 0.101. The molecule has 0 aliphatic rings. The second-order valence-electron chi connectivity index (χ2n) is 6.35. The monoisotopic (exact) mass is 336 g/mol. The molecule has 0 saturated heterocycles. The van der Waals surface area contributed by atoms with Gasteiger partial charge in [-0.2, -0.15) is 0 Å². The number of carbonyl (C=O) groups is 3. The normalized spacial score (nSPS) is 10.7. The molecule has 1 rings (SSSR count). The highest BCUT2D eigenvalue weighted by Gasteiger charge is 2.19. The highest BCUT2D eigenvalue weighted by atomic mass is 16.5. The maximum absolute atomic E-state index is 11.9. The van der Waals surface area contributed by atoms with Crippen LogP contribution in [0.2, 0.25) is 0 Å². The summed E-state index contributed by atoms with van der Waals surface area (Å²) in [5.41, 5.74) is -0.0568. The van der Waals surface area contributed by atoms with E-state index in [4.69, 9.17) is 9.47 Å². The van der Waals surface area contributed by atoms with E-state index < -0.39 is 18.5 Å². The lowest BCUT2D eigenvalue weighted by Gasteiger charge is -2.23. The number of methoxy groups -OCH3 is 1. The van der Waals surface area contributed by atoms with Crippen molar-refractivity contribution in [3.05, 3.63) is 29.8 Å². The second-order valence-corrected chi connectivity index (χ2v) is 6.35. The zero-order chi connectivity index (χ0) is 18.3. The molecule has 1 aromatic rings. The van der Waals surface area contributed by atoms with Crippen LogP contribution in [0, 0.1) is 0 Å². The third-order valence-electron chi connectivity index (χ3n) is 2.97. The van der Waals surface area contributed by atoms with E-state index in [-0.39, 0.29) is 18.0 Å². The van der Waals surface area contributed by atoms with Crippen LogP contribution in [0.3, 0.4) is 0 Å². The van der Waals surface area contributed by atoms with E-state index in [1.807, 2.05) is 20.8 Å². The average molecular weight is 336 g/mol. The number of rotatable bonds is 6. The Morgan fingerprint density at radius 3 is 2.21 bits per heavy atom. The zero-order valence-electron chi connectivity index (χ0n) is 14.7. The first-order valence-electron chi connectivity index (χ1n) is 7.48. The van der Waals surface area contributed by atoms with Crippen molar-refractivity contribution in [2.24, 2.45) is 0 Å². The largest absolute Gasteiger partial charge is 0.497 e. The summed E-state index contributed by atoms with van der Waals surface area (Å²) in [5, 5.41) is 2.75. The van der Waals surface area contributed by atoms with Gasteiger partial charge in [-0.1, -0.05) is 0 Å². The fourth-order valence-electron chi connectivity index (χ4n) is 1.81. The maximum Gasteiger partial charge on any atom is 0.338 e. The second kappa shape index (κ2) is 8.33. The Labute approximate surface area is 141 Å². The van der Waals surface area contributed by atoms with Crippen LogP contribution >= 0.6 is 0 Å². The van der Waals surface area contributed by atoms with Gasteiger partial charge in [-0.05, 0) is 45.0 Å². The molecule has 1 N–H and O–H groups in total. The highest BCUT2D eigenvalue weighted by Crippen LogP contribution is 2.12. The minimum atomic E-state index is -0.612. The van der Waals surface area contributed by atoms with Crippen LogP contribution in [0.5, 0.6) is 5.75 Å². The van der Waals surface area contributed by atoms with E-state index in [0.29, 0.717) is 11.3 Å². The number of ether oxygens (including phenoxy) is 2. The summed E-state index contributed by atoms with van der Waals surface area (Å²) in [5.74, 6) is -0.730. The molecule has 0 unspecified atom stereocenters. The summed E-state index contributed by atoms with van der Waals surface area (Å²) in [7, 11) is 3.00. The van der Waals surface area contributed by atoms with Crippen molar-refractivity contribution in [3.8, 4) is 5.75 Å². The van der Waals surface area contributed by atoms with Gasteiger partial charge in [0.15, 0.2) is 6.61 Å². The van der Waals surface area contributed by atoms with E-state index in [0.717, 1.165) is 0 Å². The molecule has 7 heteroatoms. The summed E-state index contributed by atoms with van der Waals surface area (Å²) < 4.78 is 9.96. The van der Waals surface area contributed by atoms with E-state index in [1.165, 1.54) is 19.1 Å². The van der Waals surface area contributed by atoms with E-state index >= 15 is 0 Å². The molecule has 2 amide bonds. The van der Waals surface area contributed by atoms with Crippen LogP contribution in [-0.4, -0.2) is 55.5 Å². The fraction of sp³-hybridized carbons (Fsp3) is 0.471. The van der Waals surface area contributed by atoms with Gasteiger partial charge in [-0.3, -0.25) is 9.59 Å². The van der Waals surface area contributed by atoms with Crippen molar-refractivity contribution in [2.75, 3.05) is 27.3 Å². The third-order valence-corrected chi connectivity index (χ3v) is 2.97. The van der Waals surface area contributed by atoms with Crippen LogP contribution in [-0.2, 0) is 14.3 Å². The Balaban J connectivity index is 2.46. The molecule has 0 saturated carbocycles. The number of hydrogen-bond donors (Lipinski definition) is 1. The first kappa shape index (κ1) is 19.5. The van der Waals surface area contributed by atoms with Crippen LogP contribution in [0.1, 0.15) is 31.1 Å². The van der Waals surface area contributed by atoms with Gasteiger partial charge in [-0.25, -0.2) is 4.79 Å². The van der Waals surface area contributed by atoms with Gasteiger partial charge in [0.05, 0.1) is 19.2 Å². The first-order valence-corrected chi connectivity index (χ1v) is 7.48. The molecule has 0 radical (unpaired) electrons. The molecule has 0 fully saturated rings. The van der Waals surface area contributed by atoms with Crippen LogP contribution in [0.4, 0.5) is 0 Å². The topological polar surface area (TPSA) is 84.9 Å². The smallest absolute Gasteiger partial charge is 0.338 e. The highest BCUT2D eigenvalue weighted by molar-refractivity contribution is 5.92. The van der Waals surface area contributed by atoms with Crippen LogP contribution < -0.4 is 10.1 Å². The molecule has 7 nitrogen and oxygen atoms in total. The Morgan fingerprint density at radius 1 is 1.12 bits per heavy atom. The van der Waals surface area contributed by atoms with Crippen LogP contribution in [0.15, 0.2) is 24.3 Å². The predicted octanol–water partition coefficient (Wildman–Crippen LogP) is 1.23. The lowest BCUT2D eigenvalue weighted by molar-refractivity contribution is -0.137. The van der Waals surface area contributed by atoms with Gasteiger partial charge < -0.3 is 19.7 Å². The number of nitrogens with zero attached hydrogens (tertiary/aromatic N) is 1. The predicted molar refractivity (Wildman–Crippen MR) is 88.8 cm³/mol. The number of carbonyl (C=O) groups excluding carboxylic acids is 3. The first-order chi connectivity index (χ1) is 11.1. The molecule has 0 atom stereocenters. The standard InChI is InChI=1S/C17H24N2O5/c1-17(2,3)18-14(20)10-19(4)15(21)11-24-16(22)12-6-8-13(23-5)9-7-12/h6-9H,10-11H2,1-5H3,(H,18,20). The Bertz CT molecular complexity index is 590. The molecule has 132 valence electrons. The molecule has 0 aromatic heterocycles. The zero-order valence-corrected chi connectivity index (χ0v) is 14.7. The van der Waals surface area contributed by atoms with Crippen molar-refractivity contribution >= 4 is 17.8 Å². The maximum atomic E-state index is 11.9. The van der Waals surface area contributed by atoms with E-state index in [9.17, 15) is 14.4 Å². The summed E-state index contributed by atoms with van der Waals surface area (Å²) in [6.07, 6.45) is 0. The summed E-state index contributed by atoms with van der Waals surface area (Å²) in [6.45, 7) is 5.02. The van der Waals surface area contributed by atoms with Crippen molar-refractivity contribution in [1.82, 2.24) is 10.2 Å². The number of likely N-dealkylation sites (N-methyl/N-ethyl adjacent to an activating group) is 1. The third kappa shape index (κ3) is 6.68. The molecule has 1 aromatic carbocycles. The van der Waals surface area contributed by atoms with Crippen molar-refractivity contribution in [3.63, 3.8) is 0 Å². The Kier molecular flexibility index (Phi) is 6.76. The quantitative estimate of drug-likeness (QED) is 0.790. The van der Waals surface area contributed by atoms with E-state index in [2.05, 4.69) is 5.32 Å². The van der Waals surface area contributed by atoms with Gasteiger partial charge in [0.25, 0.3) is 5.91 Å². The van der Waals surface area contributed by atoms with Crippen molar-refractivity contribution in [2.45, 2.75) is 26.3 Å². The fourth-order valence-corrected chi connectivity index (χ4v) is 1.81. The molecule has 0 aliphatic carbocycles. The number of amides is 2. The van der Waals surface area contributed by atoms with Crippen LogP contribution in [0.25, 0.3) is 0 Å². The molecule has 0 spiro atoms. The van der Waals surface area contributed by atoms with E-state index in [1.54, 1.807) is 24.3 Å². The number of nitrogens with one attached hydrogen (secondary N) is 1. The average Bonchev–Trinajstić information content (AvgIpc) is 2.50. The van der Waals surface area contributed by atoms with Crippen molar-refractivity contribution in [1.29, 1.82) is 0 Å². The van der Waals surface area contributed by atoms with Gasteiger partial charge >= 0.3 is 5.97 Å². The lowest BCUT2D eigenvalue weighted by Crippen LogP contribution is -2.46. The Morgan fingerprint density at radius 2 is 1.71 bits per heavy atom. The summed E-state index contributed by atoms with van der Waals surface area (Å²) in [6, 6.07) is 6.35. The van der Waals surface area contributed by atoms with Gasteiger partial charge in [-0.15, -0.1) is 0 Å². The lowest BCUT2D eigenvalue weighted by atomic mass is 10.1. The SMILES string of the molecule is COc1ccc(C(=O)OCC(=O)N(C)CC(=O)NC(C)(C)C)cc1. The molecule has 0 bridgehead atoms. The Hall–Kier alpha value is -2.57. The number of hydrogen-bond acceptors (Lipinski definition) is 5. The summed E-state index contributed by atoms with van der Waals surface area (Å²) in [4.78, 5) is 36.8. The number of esters is 1. The van der Waals surface area contributed by atoms with Crippen molar-refractivity contribution < 1.29 is 23.9 Å². The molecular formula is C17H24N2O5. The summed E-state index contributed by atoms with van der Waals surface area (Å²) >= 11 is 0. The minimum Gasteiger partial charge on any atom is -0.497 e. The molecule has 0 aliphatic heterocycles.